The normalized spacial score (nSPS) is 26.4. The summed E-state index contributed by atoms with van der Waals surface area (Å²) in [6.07, 6.45) is 5.35. The molecule has 0 aromatic heterocycles. The van der Waals surface area contributed by atoms with Crippen LogP contribution in [0.25, 0.3) is 0 Å². The maximum absolute atomic E-state index is 4.56. The number of likely N-dealkylation sites (N-methyl/N-ethyl adjacent to an activating group) is 1. The standard InChI is InChI=1S/C19H39N5/c1-5-22(6-2)15-17-11-13-24(16-17)19(20-4)21-14-18-10-8-9-12-23(18)7-3/h17-18H,5-16H2,1-4H3,(H,20,21). The third kappa shape index (κ3) is 5.35. The first-order valence-corrected chi connectivity index (χ1v) is 10.1. The topological polar surface area (TPSA) is 34.1 Å². The van der Waals surface area contributed by atoms with Crippen LogP contribution in [0.1, 0.15) is 46.5 Å². The Morgan fingerprint density at radius 1 is 1.12 bits per heavy atom. The maximum Gasteiger partial charge on any atom is 0.193 e. The van der Waals surface area contributed by atoms with Crippen LogP contribution in [-0.4, -0.2) is 86.1 Å². The fraction of sp³-hybridized carbons (Fsp3) is 0.947. The average Bonchev–Trinajstić information content (AvgIpc) is 3.09. The summed E-state index contributed by atoms with van der Waals surface area (Å²) < 4.78 is 0. The molecule has 2 atom stereocenters. The highest BCUT2D eigenvalue weighted by Gasteiger charge is 2.27. The largest absolute Gasteiger partial charge is 0.355 e. The average molecular weight is 338 g/mol. The van der Waals surface area contributed by atoms with E-state index in [1.165, 1.54) is 45.3 Å². The van der Waals surface area contributed by atoms with Crippen LogP contribution in [0.2, 0.25) is 0 Å². The van der Waals surface area contributed by atoms with E-state index in [-0.39, 0.29) is 0 Å². The lowest BCUT2D eigenvalue weighted by molar-refractivity contribution is 0.156. The van der Waals surface area contributed by atoms with E-state index >= 15 is 0 Å². The first-order valence-electron chi connectivity index (χ1n) is 10.1. The Balaban J connectivity index is 1.79. The molecule has 2 heterocycles. The summed E-state index contributed by atoms with van der Waals surface area (Å²) in [5, 5.41) is 3.67. The Morgan fingerprint density at radius 2 is 1.92 bits per heavy atom. The van der Waals surface area contributed by atoms with Crippen LogP contribution in [0.4, 0.5) is 0 Å². The van der Waals surface area contributed by atoms with Gasteiger partial charge in [-0.1, -0.05) is 27.2 Å². The number of likely N-dealkylation sites (tertiary alicyclic amines) is 2. The molecule has 5 nitrogen and oxygen atoms in total. The molecular weight excluding hydrogens is 298 g/mol. The highest BCUT2D eigenvalue weighted by atomic mass is 15.3. The Labute approximate surface area is 149 Å². The van der Waals surface area contributed by atoms with E-state index in [0.29, 0.717) is 6.04 Å². The molecule has 2 rings (SSSR count). The van der Waals surface area contributed by atoms with Gasteiger partial charge in [0, 0.05) is 39.3 Å². The Kier molecular flexibility index (Phi) is 8.33. The van der Waals surface area contributed by atoms with Crippen molar-refractivity contribution in [2.75, 3.05) is 59.4 Å². The van der Waals surface area contributed by atoms with Gasteiger partial charge < -0.3 is 15.1 Å². The lowest BCUT2D eigenvalue weighted by Crippen LogP contribution is -2.49. The molecule has 2 unspecified atom stereocenters. The number of piperidine rings is 1. The van der Waals surface area contributed by atoms with Crippen LogP contribution in [0.15, 0.2) is 4.99 Å². The van der Waals surface area contributed by atoms with Crippen molar-refractivity contribution in [3.63, 3.8) is 0 Å². The highest BCUT2D eigenvalue weighted by Crippen LogP contribution is 2.19. The van der Waals surface area contributed by atoms with Gasteiger partial charge >= 0.3 is 0 Å². The number of rotatable bonds is 7. The van der Waals surface area contributed by atoms with Crippen molar-refractivity contribution in [1.29, 1.82) is 0 Å². The van der Waals surface area contributed by atoms with Gasteiger partial charge in [0.25, 0.3) is 0 Å². The molecular formula is C19H39N5. The fourth-order valence-corrected chi connectivity index (χ4v) is 4.27. The number of aliphatic imine (C=N–C) groups is 1. The number of hydrogen-bond acceptors (Lipinski definition) is 3. The molecule has 2 aliphatic rings. The van der Waals surface area contributed by atoms with E-state index < -0.39 is 0 Å². The molecule has 2 aliphatic heterocycles. The minimum Gasteiger partial charge on any atom is -0.355 e. The van der Waals surface area contributed by atoms with Gasteiger partial charge in [-0.15, -0.1) is 0 Å². The Bertz CT molecular complexity index is 380. The lowest BCUT2D eigenvalue weighted by Gasteiger charge is -2.35. The van der Waals surface area contributed by atoms with Crippen LogP contribution < -0.4 is 5.32 Å². The van der Waals surface area contributed by atoms with Gasteiger partial charge in [0.2, 0.25) is 0 Å². The van der Waals surface area contributed by atoms with E-state index in [9.17, 15) is 0 Å². The second-order valence-corrected chi connectivity index (χ2v) is 7.29. The molecule has 140 valence electrons. The van der Waals surface area contributed by atoms with Crippen LogP contribution >= 0.6 is 0 Å². The van der Waals surface area contributed by atoms with Gasteiger partial charge in [-0.2, -0.15) is 0 Å². The third-order valence-electron chi connectivity index (χ3n) is 5.86. The summed E-state index contributed by atoms with van der Waals surface area (Å²) in [6.45, 7) is 16.1. The van der Waals surface area contributed by atoms with Gasteiger partial charge in [-0.3, -0.25) is 9.89 Å². The quantitative estimate of drug-likeness (QED) is 0.570. The predicted molar refractivity (Wildman–Crippen MR) is 104 cm³/mol. The van der Waals surface area contributed by atoms with Crippen LogP contribution in [0.3, 0.4) is 0 Å². The van der Waals surface area contributed by atoms with E-state index in [2.05, 4.69) is 45.8 Å². The van der Waals surface area contributed by atoms with Crippen molar-refractivity contribution in [3.8, 4) is 0 Å². The van der Waals surface area contributed by atoms with Crippen LogP contribution in [0.5, 0.6) is 0 Å². The minimum absolute atomic E-state index is 0.676. The van der Waals surface area contributed by atoms with Crippen molar-refractivity contribution >= 4 is 5.96 Å². The molecule has 0 radical (unpaired) electrons. The molecule has 0 saturated carbocycles. The molecule has 0 amide bonds. The first-order chi connectivity index (χ1) is 11.7. The van der Waals surface area contributed by atoms with Gasteiger partial charge in [0.15, 0.2) is 5.96 Å². The summed E-state index contributed by atoms with van der Waals surface area (Å²) in [4.78, 5) is 12.2. The second-order valence-electron chi connectivity index (χ2n) is 7.29. The van der Waals surface area contributed by atoms with Crippen molar-refractivity contribution in [2.45, 2.75) is 52.5 Å². The monoisotopic (exact) mass is 337 g/mol. The fourth-order valence-electron chi connectivity index (χ4n) is 4.27. The summed E-state index contributed by atoms with van der Waals surface area (Å²) >= 11 is 0. The van der Waals surface area contributed by atoms with Gasteiger partial charge in [0.1, 0.15) is 0 Å². The molecule has 5 heteroatoms. The Hall–Kier alpha value is -0.810. The molecule has 1 N–H and O–H groups in total. The number of nitrogens with zero attached hydrogens (tertiary/aromatic N) is 4. The molecule has 0 aromatic carbocycles. The van der Waals surface area contributed by atoms with Crippen LogP contribution in [0, 0.1) is 5.92 Å². The lowest BCUT2D eigenvalue weighted by atomic mass is 10.0. The Morgan fingerprint density at radius 3 is 2.58 bits per heavy atom. The molecule has 0 spiro atoms. The summed E-state index contributed by atoms with van der Waals surface area (Å²) in [7, 11) is 1.93. The van der Waals surface area contributed by atoms with Gasteiger partial charge in [-0.25, -0.2) is 0 Å². The summed E-state index contributed by atoms with van der Waals surface area (Å²) in [5.41, 5.74) is 0. The summed E-state index contributed by atoms with van der Waals surface area (Å²) in [6, 6.07) is 0.676. The zero-order chi connectivity index (χ0) is 17.4. The highest BCUT2D eigenvalue weighted by molar-refractivity contribution is 5.80. The van der Waals surface area contributed by atoms with Gasteiger partial charge in [-0.05, 0) is 51.4 Å². The third-order valence-corrected chi connectivity index (χ3v) is 5.86. The molecule has 0 bridgehead atoms. The van der Waals surface area contributed by atoms with Crippen molar-refractivity contribution in [2.24, 2.45) is 10.9 Å². The smallest absolute Gasteiger partial charge is 0.193 e. The predicted octanol–water partition coefficient (Wildman–Crippen LogP) is 2.10. The molecule has 24 heavy (non-hydrogen) atoms. The molecule has 0 aliphatic carbocycles. The SMILES string of the molecule is CCN(CC)CC1CCN(C(=NC)NCC2CCCCN2CC)C1. The molecule has 2 fully saturated rings. The zero-order valence-electron chi connectivity index (χ0n) is 16.4. The summed E-state index contributed by atoms with van der Waals surface area (Å²) in [5.74, 6) is 1.89. The van der Waals surface area contributed by atoms with E-state index in [0.717, 1.165) is 44.6 Å². The van der Waals surface area contributed by atoms with E-state index in [1.807, 2.05) is 7.05 Å². The maximum atomic E-state index is 4.56. The van der Waals surface area contributed by atoms with Gasteiger partial charge in [0.05, 0.1) is 0 Å². The minimum atomic E-state index is 0.676. The molecule has 2 saturated heterocycles. The van der Waals surface area contributed by atoms with Crippen molar-refractivity contribution in [1.82, 2.24) is 20.0 Å². The molecule has 0 aromatic rings. The van der Waals surface area contributed by atoms with E-state index in [4.69, 9.17) is 0 Å². The van der Waals surface area contributed by atoms with E-state index in [1.54, 1.807) is 0 Å². The number of hydrogen-bond donors (Lipinski definition) is 1. The second kappa shape index (κ2) is 10.2. The van der Waals surface area contributed by atoms with Crippen LogP contribution in [-0.2, 0) is 0 Å². The number of guanidine groups is 1. The van der Waals surface area contributed by atoms with Crippen molar-refractivity contribution < 1.29 is 0 Å². The first kappa shape index (κ1) is 19.5. The van der Waals surface area contributed by atoms with Crippen molar-refractivity contribution in [3.05, 3.63) is 0 Å². The number of nitrogens with one attached hydrogen (secondary N) is 1. The zero-order valence-corrected chi connectivity index (χ0v) is 16.4.